The highest BCUT2D eigenvalue weighted by molar-refractivity contribution is 5.88. The van der Waals surface area contributed by atoms with Crippen LogP contribution in [0.25, 0.3) is 33.4 Å². The first kappa shape index (κ1) is 24.4. The summed E-state index contributed by atoms with van der Waals surface area (Å²) in [6.07, 6.45) is 4.31. The quantitative estimate of drug-likeness (QED) is 0.210. The van der Waals surface area contributed by atoms with Gasteiger partial charge in [0.25, 0.3) is 0 Å². The van der Waals surface area contributed by atoms with Crippen molar-refractivity contribution in [3.63, 3.8) is 0 Å². The number of fused-ring (bicyclic) bond motifs is 1. The van der Waals surface area contributed by atoms with E-state index in [1.54, 1.807) is 18.5 Å². The summed E-state index contributed by atoms with van der Waals surface area (Å²) < 4.78 is 17.5. The molecule has 0 saturated heterocycles. The molecule has 192 valence electrons. The topological polar surface area (TPSA) is 57.7 Å². The summed E-state index contributed by atoms with van der Waals surface area (Å²) in [4.78, 5) is 15.9. The van der Waals surface area contributed by atoms with Gasteiger partial charge in [-0.3, -0.25) is 9.78 Å². The number of aldehydes is 1. The van der Waals surface area contributed by atoms with E-state index >= 15 is 0 Å². The lowest BCUT2D eigenvalue weighted by molar-refractivity contribution is 0.112. The molecule has 0 atom stereocenters. The van der Waals surface area contributed by atoms with E-state index in [1.165, 1.54) is 11.1 Å². The van der Waals surface area contributed by atoms with Gasteiger partial charge in [0, 0.05) is 23.5 Å². The number of hydrogen-bond donors (Lipinski definition) is 0. The second kappa shape index (κ2) is 10.8. The first-order valence-electron chi connectivity index (χ1n) is 12.9. The van der Waals surface area contributed by atoms with Gasteiger partial charge >= 0.3 is 0 Å². The number of nitrogens with zero attached hydrogens (tertiary/aromatic N) is 1. The number of benzene rings is 4. The molecule has 1 aliphatic rings. The number of rotatable bonds is 7. The molecule has 2 heterocycles. The van der Waals surface area contributed by atoms with Gasteiger partial charge in [0.05, 0.1) is 0 Å². The van der Waals surface area contributed by atoms with Crippen LogP contribution in [0.15, 0.2) is 103 Å². The van der Waals surface area contributed by atoms with E-state index in [1.807, 2.05) is 30.3 Å². The van der Waals surface area contributed by atoms with Crippen molar-refractivity contribution in [1.29, 1.82) is 0 Å². The monoisotopic (exact) mass is 513 g/mol. The maximum atomic E-state index is 11.7. The van der Waals surface area contributed by atoms with Crippen LogP contribution in [0, 0.1) is 6.92 Å². The second-order valence-corrected chi connectivity index (χ2v) is 9.43. The lowest BCUT2D eigenvalue weighted by atomic mass is 9.92. The van der Waals surface area contributed by atoms with Gasteiger partial charge in [-0.15, -0.1) is 0 Å². The van der Waals surface area contributed by atoms with Crippen molar-refractivity contribution < 1.29 is 19.0 Å². The Morgan fingerprint density at radius 2 is 1.54 bits per heavy atom. The second-order valence-electron chi connectivity index (χ2n) is 9.43. The van der Waals surface area contributed by atoms with Crippen LogP contribution in [0.1, 0.15) is 21.5 Å². The average Bonchev–Trinajstić information content (AvgIpc) is 3.00. The van der Waals surface area contributed by atoms with Gasteiger partial charge in [0.1, 0.15) is 25.6 Å². The summed E-state index contributed by atoms with van der Waals surface area (Å²) in [5.74, 6) is 2.24. The van der Waals surface area contributed by atoms with Gasteiger partial charge in [0.15, 0.2) is 17.8 Å². The van der Waals surface area contributed by atoms with Crippen molar-refractivity contribution in [1.82, 2.24) is 4.98 Å². The van der Waals surface area contributed by atoms with Crippen molar-refractivity contribution in [3.05, 3.63) is 120 Å². The van der Waals surface area contributed by atoms with Crippen molar-refractivity contribution in [3.8, 4) is 50.6 Å². The normalized spacial score (nSPS) is 12.1. The fourth-order valence-electron chi connectivity index (χ4n) is 4.93. The van der Waals surface area contributed by atoms with E-state index in [-0.39, 0.29) is 0 Å². The molecule has 0 unspecified atom stereocenters. The Morgan fingerprint density at radius 1 is 0.769 bits per heavy atom. The maximum absolute atomic E-state index is 11.7. The summed E-state index contributed by atoms with van der Waals surface area (Å²) in [6.45, 7) is 3.71. The number of pyridine rings is 1. The van der Waals surface area contributed by atoms with Crippen molar-refractivity contribution >= 4 is 6.29 Å². The molecule has 1 aliphatic heterocycles. The van der Waals surface area contributed by atoms with Crippen LogP contribution in [0.2, 0.25) is 0 Å². The van der Waals surface area contributed by atoms with E-state index in [0.717, 1.165) is 51.2 Å². The number of ether oxygens (including phenoxy) is 3. The molecule has 0 radical (unpaired) electrons. The minimum Gasteiger partial charge on any atom is -0.489 e. The van der Waals surface area contributed by atoms with E-state index in [4.69, 9.17) is 14.2 Å². The van der Waals surface area contributed by atoms with E-state index in [9.17, 15) is 4.79 Å². The summed E-state index contributed by atoms with van der Waals surface area (Å²) >= 11 is 0. The van der Waals surface area contributed by atoms with Crippen molar-refractivity contribution in [2.45, 2.75) is 13.5 Å². The highest BCUT2D eigenvalue weighted by atomic mass is 16.6. The Morgan fingerprint density at radius 3 is 2.31 bits per heavy atom. The highest BCUT2D eigenvalue weighted by Crippen LogP contribution is 2.38. The van der Waals surface area contributed by atoms with Crippen LogP contribution in [0.3, 0.4) is 0 Å². The molecule has 0 saturated carbocycles. The Labute approximate surface area is 227 Å². The zero-order valence-electron chi connectivity index (χ0n) is 21.6. The average molecular weight is 514 g/mol. The maximum Gasteiger partial charge on any atom is 0.161 e. The molecule has 4 aromatic carbocycles. The van der Waals surface area contributed by atoms with Gasteiger partial charge in [-0.25, -0.2) is 0 Å². The van der Waals surface area contributed by atoms with Crippen LogP contribution < -0.4 is 14.2 Å². The largest absolute Gasteiger partial charge is 0.489 e. The first-order valence-corrected chi connectivity index (χ1v) is 12.9. The van der Waals surface area contributed by atoms with E-state index < -0.39 is 0 Å². The third-order valence-electron chi connectivity index (χ3n) is 6.98. The molecule has 5 aromatic rings. The Hall–Kier alpha value is -4.90. The molecular formula is C34H27NO4. The molecule has 0 N–H and O–H groups in total. The van der Waals surface area contributed by atoms with Crippen LogP contribution >= 0.6 is 0 Å². The molecule has 1 aromatic heterocycles. The molecule has 0 bridgehead atoms. The van der Waals surface area contributed by atoms with Gasteiger partial charge in [-0.05, 0) is 82.3 Å². The molecule has 6 rings (SSSR count). The minimum absolute atomic E-state index is 0.404. The summed E-state index contributed by atoms with van der Waals surface area (Å²) in [5, 5.41) is 0. The third kappa shape index (κ3) is 5.12. The smallest absolute Gasteiger partial charge is 0.161 e. The van der Waals surface area contributed by atoms with Crippen molar-refractivity contribution in [2.75, 3.05) is 13.2 Å². The number of hydrogen-bond acceptors (Lipinski definition) is 5. The molecule has 0 amide bonds. The molecule has 5 nitrogen and oxygen atoms in total. The Balaban J connectivity index is 1.18. The molecule has 0 aliphatic carbocycles. The van der Waals surface area contributed by atoms with Gasteiger partial charge < -0.3 is 14.2 Å². The van der Waals surface area contributed by atoms with Gasteiger partial charge in [-0.2, -0.15) is 0 Å². The van der Waals surface area contributed by atoms with E-state index in [0.29, 0.717) is 31.1 Å². The first-order chi connectivity index (χ1) is 19.2. The summed E-state index contributed by atoms with van der Waals surface area (Å²) in [7, 11) is 0. The van der Waals surface area contributed by atoms with Gasteiger partial charge in [0.2, 0.25) is 0 Å². The van der Waals surface area contributed by atoms with Gasteiger partial charge in [-0.1, -0.05) is 54.6 Å². The lowest BCUT2D eigenvalue weighted by Crippen LogP contribution is -2.15. The zero-order valence-corrected chi connectivity index (χ0v) is 21.6. The highest BCUT2D eigenvalue weighted by Gasteiger charge is 2.15. The van der Waals surface area contributed by atoms with E-state index in [2.05, 4.69) is 66.5 Å². The molecule has 5 heteroatoms. The van der Waals surface area contributed by atoms with Crippen LogP contribution in [-0.4, -0.2) is 24.5 Å². The third-order valence-corrected chi connectivity index (χ3v) is 6.98. The zero-order chi connectivity index (χ0) is 26.6. The standard InChI is InChI=1S/C34H27NO4/c1-23-30(5-2-6-31(23)26-11-14-33-34(19-26)38-17-16-37-33)25-9-7-24(8-10-25)22-39-29-12-13-32(28(18-29)21-36)27-4-3-15-35-20-27/h2-15,18-21H,16-17,22H2,1H3. The fourth-order valence-corrected chi connectivity index (χ4v) is 4.93. The summed E-state index contributed by atoms with van der Waals surface area (Å²) in [5.41, 5.74) is 9.14. The molecule has 0 fully saturated rings. The predicted molar refractivity (Wildman–Crippen MR) is 152 cm³/mol. The number of aromatic nitrogens is 1. The fraction of sp³-hybridized carbons (Fsp3) is 0.118. The van der Waals surface area contributed by atoms with Crippen LogP contribution in [0.5, 0.6) is 17.2 Å². The number of carbonyl (C=O) groups is 1. The SMILES string of the molecule is Cc1c(-c2ccc(COc3ccc(-c4cccnc4)c(C=O)c3)cc2)cccc1-c1ccc2c(c1)OCCO2. The number of carbonyl (C=O) groups excluding carboxylic acids is 1. The lowest BCUT2D eigenvalue weighted by Gasteiger charge is -2.20. The molecule has 39 heavy (non-hydrogen) atoms. The van der Waals surface area contributed by atoms with Crippen LogP contribution in [0.4, 0.5) is 0 Å². The molecular weight excluding hydrogens is 486 g/mol. The Kier molecular flexibility index (Phi) is 6.79. The van der Waals surface area contributed by atoms with Crippen molar-refractivity contribution in [2.24, 2.45) is 0 Å². The predicted octanol–water partition coefficient (Wildman–Crippen LogP) is 7.55. The summed E-state index contributed by atoms with van der Waals surface area (Å²) in [6, 6.07) is 30.2. The molecule has 0 spiro atoms. The Bertz CT molecular complexity index is 1630. The minimum atomic E-state index is 0.404. The van der Waals surface area contributed by atoms with Crippen LogP contribution in [-0.2, 0) is 6.61 Å².